The van der Waals surface area contributed by atoms with E-state index in [2.05, 4.69) is 30.1 Å². The summed E-state index contributed by atoms with van der Waals surface area (Å²) < 4.78 is 0. The van der Waals surface area contributed by atoms with Gasteiger partial charge in [0.05, 0.1) is 0 Å². The molecule has 0 N–H and O–H groups in total. The quantitative estimate of drug-likeness (QED) is 0.711. The molecule has 0 fully saturated rings. The number of rotatable bonds is 2. The Bertz CT molecular complexity index is 458. The Morgan fingerprint density at radius 3 is 2.53 bits per heavy atom. The van der Waals surface area contributed by atoms with Crippen molar-refractivity contribution in [3.63, 3.8) is 0 Å². The van der Waals surface area contributed by atoms with Gasteiger partial charge in [-0.15, -0.1) is 0 Å². The number of hydrogen-bond donors (Lipinski definition) is 0. The fourth-order valence-corrected chi connectivity index (χ4v) is 1.50. The van der Waals surface area contributed by atoms with Crippen LogP contribution < -0.4 is 0 Å². The molecule has 0 saturated carbocycles. The third-order valence-corrected chi connectivity index (χ3v) is 2.21. The molecule has 1 aromatic heterocycles. The molecule has 15 heavy (non-hydrogen) atoms. The highest BCUT2D eigenvalue weighted by Crippen LogP contribution is 2.19. The van der Waals surface area contributed by atoms with Gasteiger partial charge in [0.25, 0.3) is 0 Å². The zero-order chi connectivity index (χ0) is 10.5. The van der Waals surface area contributed by atoms with Crippen LogP contribution in [0.25, 0.3) is 17.2 Å². The molecule has 0 aliphatic carbocycles. The Morgan fingerprint density at radius 2 is 1.80 bits per heavy atom. The maximum atomic E-state index is 4.01. The van der Waals surface area contributed by atoms with Gasteiger partial charge in [-0.05, 0) is 41.8 Å². The first kappa shape index (κ1) is 9.66. The summed E-state index contributed by atoms with van der Waals surface area (Å²) in [5, 5.41) is 0. The molecule has 73 valence electrons. The summed E-state index contributed by atoms with van der Waals surface area (Å²) in [6, 6.07) is 12.4. The van der Waals surface area contributed by atoms with Crippen LogP contribution in [0.15, 0.2) is 54.9 Å². The molecule has 0 bridgehead atoms. The van der Waals surface area contributed by atoms with Crippen LogP contribution in [-0.2, 0) is 0 Å². The molecule has 0 spiro atoms. The van der Waals surface area contributed by atoms with Crippen molar-refractivity contribution in [1.29, 1.82) is 0 Å². The van der Waals surface area contributed by atoms with E-state index in [1.807, 2.05) is 24.3 Å². The molecule has 0 aliphatic rings. The average molecular weight is 194 g/mol. The first-order valence-electron chi connectivity index (χ1n) is 4.86. The SMILES string of the molecule is [CH2]/C=C/c1cccc(-c2ccncc2)c1. The zero-order valence-electron chi connectivity index (χ0n) is 8.43. The lowest BCUT2D eigenvalue weighted by molar-refractivity contribution is 1.33. The Hall–Kier alpha value is -1.89. The van der Waals surface area contributed by atoms with Crippen molar-refractivity contribution >= 4 is 6.08 Å². The van der Waals surface area contributed by atoms with Gasteiger partial charge in [0.1, 0.15) is 0 Å². The third kappa shape index (κ3) is 2.32. The number of hydrogen-bond acceptors (Lipinski definition) is 1. The molecule has 2 rings (SSSR count). The molecule has 0 atom stereocenters. The van der Waals surface area contributed by atoms with E-state index in [0.29, 0.717) is 0 Å². The first-order chi connectivity index (χ1) is 7.40. The number of pyridine rings is 1. The molecule has 0 aliphatic heterocycles. The van der Waals surface area contributed by atoms with Crippen LogP contribution in [0.5, 0.6) is 0 Å². The monoisotopic (exact) mass is 194 g/mol. The van der Waals surface area contributed by atoms with E-state index in [9.17, 15) is 0 Å². The molecular formula is C14H12N. The molecule has 0 unspecified atom stereocenters. The summed E-state index contributed by atoms with van der Waals surface area (Å²) in [6.45, 7) is 3.69. The molecule has 1 aromatic carbocycles. The van der Waals surface area contributed by atoms with Gasteiger partial charge in [-0.3, -0.25) is 4.98 Å². The van der Waals surface area contributed by atoms with Crippen molar-refractivity contribution in [1.82, 2.24) is 4.98 Å². The summed E-state index contributed by atoms with van der Waals surface area (Å²) in [5.74, 6) is 0. The lowest BCUT2D eigenvalue weighted by Crippen LogP contribution is -1.79. The van der Waals surface area contributed by atoms with Gasteiger partial charge in [0, 0.05) is 12.4 Å². The largest absolute Gasteiger partial charge is 0.265 e. The molecule has 1 heterocycles. The van der Waals surface area contributed by atoms with Gasteiger partial charge in [-0.1, -0.05) is 30.4 Å². The summed E-state index contributed by atoms with van der Waals surface area (Å²) in [6.07, 6.45) is 7.40. The average Bonchev–Trinajstić information content (AvgIpc) is 2.31. The van der Waals surface area contributed by atoms with E-state index in [4.69, 9.17) is 0 Å². The molecule has 0 amide bonds. The van der Waals surface area contributed by atoms with Crippen LogP contribution in [0.1, 0.15) is 5.56 Å². The highest BCUT2D eigenvalue weighted by atomic mass is 14.6. The van der Waals surface area contributed by atoms with Crippen LogP contribution in [-0.4, -0.2) is 4.98 Å². The minimum Gasteiger partial charge on any atom is -0.265 e. The third-order valence-electron chi connectivity index (χ3n) is 2.21. The van der Waals surface area contributed by atoms with Gasteiger partial charge >= 0.3 is 0 Å². The molecule has 1 radical (unpaired) electrons. The molecule has 1 heteroatoms. The second-order valence-corrected chi connectivity index (χ2v) is 3.26. The highest BCUT2D eigenvalue weighted by Gasteiger charge is 1.96. The standard InChI is InChI=1S/C14H12N/c1-2-4-12-5-3-6-14(11-12)13-7-9-15-10-8-13/h2-11H,1H2/b4-2+. The fourth-order valence-electron chi connectivity index (χ4n) is 1.50. The van der Waals surface area contributed by atoms with E-state index in [0.717, 1.165) is 0 Å². The summed E-state index contributed by atoms with van der Waals surface area (Å²) in [7, 11) is 0. The molecule has 1 nitrogen and oxygen atoms in total. The topological polar surface area (TPSA) is 12.9 Å². The van der Waals surface area contributed by atoms with Gasteiger partial charge < -0.3 is 0 Å². The van der Waals surface area contributed by atoms with E-state index >= 15 is 0 Å². The molecular weight excluding hydrogens is 182 g/mol. The molecule has 2 aromatic rings. The predicted octanol–water partition coefficient (Wildman–Crippen LogP) is 3.60. The van der Waals surface area contributed by atoms with Crippen molar-refractivity contribution in [2.24, 2.45) is 0 Å². The van der Waals surface area contributed by atoms with Gasteiger partial charge in [0.15, 0.2) is 0 Å². The van der Waals surface area contributed by atoms with E-state index < -0.39 is 0 Å². The maximum Gasteiger partial charge on any atom is 0.0273 e. The Balaban J connectivity index is 2.41. The number of allylic oxidation sites excluding steroid dienone is 1. The lowest BCUT2D eigenvalue weighted by Gasteiger charge is -2.01. The minimum absolute atomic E-state index is 1.17. The van der Waals surface area contributed by atoms with Crippen LogP contribution in [0.4, 0.5) is 0 Å². The normalized spacial score (nSPS) is 10.7. The number of nitrogens with zero attached hydrogens (tertiary/aromatic N) is 1. The van der Waals surface area contributed by atoms with E-state index in [-0.39, 0.29) is 0 Å². The van der Waals surface area contributed by atoms with Crippen molar-refractivity contribution in [3.8, 4) is 11.1 Å². The smallest absolute Gasteiger partial charge is 0.0273 e. The number of aromatic nitrogens is 1. The van der Waals surface area contributed by atoms with Crippen LogP contribution in [0, 0.1) is 6.92 Å². The fraction of sp³-hybridized carbons (Fsp3) is 0. The Kier molecular flexibility index (Phi) is 2.93. The van der Waals surface area contributed by atoms with Gasteiger partial charge in [0.2, 0.25) is 0 Å². The van der Waals surface area contributed by atoms with Crippen molar-refractivity contribution < 1.29 is 0 Å². The Morgan fingerprint density at radius 1 is 1.00 bits per heavy atom. The number of benzene rings is 1. The second kappa shape index (κ2) is 4.56. The van der Waals surface area contributed by atoms with E-state index in [1.54, 1.807) is 18.5 Å². The lowest BCUT2D eigenvalue weighted by atomic mass is 10.0. The predicted molar refractivity (Wildman–Crippen MR) is 64.1 cm³/mol. The van der Waals surface area contributed by atoms with Crippen molar-refractivity contribution in [3.05, 3.63) is 67.4 Å². The second-order valence-electron chi connectivity index (χ2n) is 3.26. The van der Waals surface area contributed by atoms with E-state index in [1.165, 1.54) is 16.7 Å². The Labute approximate surface area is 90.1 Å². The highest BCUT2D eigenvalue weighted by molar-refractivity contribution is 5.66. The summed E-state index contributed by atoms with van der Waals surface area (Å²) >= 11 is 0. The zero-order valence-corrected chi connectivity index (χ0v) is 8.43. The van der Waals surface area contributed by atoms with Gasteiger partial charge in [-0.25, -0.2) is 0 Å². The van der Waals surface area contributed by atoms with Gasteiger partial charge in [-0.2, -0.15) is 0 Å². The molecule has 0 saturated heterocycles. The van der Waals surface area contributed by atoms with Crippen molar-refractivity contribution in [2.45, 2.75) is 0 Å². The summed E-state index contributed by atoms with van der Waals surface area (Å²) in [4.78, 5) is 4.01. The maximum absolute atomic E-state index is 4.01. The van der Waals surface area contributed by atoms with Crippen LogP contribution in [0.3, 0.4) is 0 Å². The van der Waals surface area contributed by atoms with Crippen molar-refractivity contribution in [2.75, 3.05) is 0 Å². The summed E-state index contributed by atoms with van der Waals surface area (Å²) in [5.41, 5.74) is 3.55. The minimum atomic E-state index is 1.17. The van der Waals surface area contributed by atoms with Crippen LogP contribution in [0.2, 0.25) is 0 Å². The first-order valence-corrected chi connectivity index (χ1v) is 4.86. The van der Waals surface area contributed by atoms with Crippen LogP contribution >= 0.6 is 0 Å².